The summed E-state index contributed by atoms with van der Waals surface area (Å²) in [5, 5.41) is 9.03. The minimum absolute atomic E-state index is 0.578. The summed E-state index contributed by atoms with van der Waals surface area (Å²) in [5.41, 5.74) is 0.786. The Bertz CT molecular complexity index is 650. The van der Waals surface area contributed by atoms with E-state index in [0.717, 1.165) is 34.2 Å². The van der Waals surface area contributed by atoms with Crippen LogP contribution in [0.3, 0.4) is 0 Å². The lowest BCUT2D eigenvalue weighted by Gasteiger charge is -2.15. The van der Waals surface area contributed by atoms with Crippen molar-refractivity contribution < 1.29 is 9.47 Å². The largest absolute Gasteiger partial charge is 0.493 e. The summed E-state index contributed by atoms with van der Waals surface area (Å²) in [6.07, 6.45) is 2.87. The van der Waals surface area contributed by atoms with Gasteiger partial charge in [0.1, 0.15) is 0 Å². The molecule has 0 aliphatic carbocycles. The first-order valence-electron chi connectivity index (χ1n) is 6.97. The molecule has 0 radical (unpaired) electrons. The molecule has 2 heterocycles. The van der Waals surface area contributed by atoms with Gasteiger partial charge in [-0.2, -0.15) is 10.2 Å². The number of fused-ring (bicyclic) bond motifs is 1. The summed E-state index contributed by atoms with van der Waals surface area (Å²) in [7, 11) is 3.79. The normalized spacial score (nSPS) is 19.1. The van der Waals surface area contributed by atoms with Crippen LogP contribution in [-0.4, -0.2) is 49.0 Å². The molecule has 1 aliphatic rings. The Kier molecular flexibility index (Phi) is 4.26. The van der Waals surface area contributed by atoms with E-state index in [0.29, 0.717) is 18.3 Å². The molecule has 2 aromatic rings. The number of aromatic nitrogens is 2. The summed E-state index contributed by atoms with van der Waals surface area (Å²) in [4.78, 5) is 2.33. The van der Waals surface area contributed by atoms with Gasteiger partial charge in [-0.1, -0.05) is 0 Å². The van der Waals surface area contributed by atoms with Gasteiger partial charge in [-0.3, -0.25) is 0 Å². The fraction of sp³-hybridized carbons (Fsp3) is 0.467. The lowest BCUT2D eigenvalue weighted by molar-refractivity contribution is 0.239. The van der Waals surface area contributed by atoms with Gasteiger partial charge >= 0.3 is 0 Å². The molecule has 112 valence electrons. The van der Waals surface area contributed by atoms with Gasteiger partial charge in [-0.15, -0.1) is 0 Å². The topological polar surface area (TPSA) is 47.5 Å². The van der Waals surface area contributed by atoms with Crippen LogP contribution in [0.15, 0.2) is 22.8 Å². The molecule has 1 aromatic heterocycles. The molecule has 21 heavy (non-hydrogen) atoms. The number of hydrogen-bond acceptors (Lipinski definition) is 5. The van der Waals surface area contributed by atoms with E-state index >= 15 is 0 Å². The second kappa shape index (κ2) is 6.15. The van der Waals surface area contributed by atoms with Gasteiger partial charge < -0.3 is 14.4 Å². The maximum atomic E-state index is 6.00. The molecule has 3 rings (SSSR count). The predicted molar refractivity (Wildman–Crippen MR) is 84.9 cm³/mol. The number of nitrogens with zero attached hydrogens (tertiary/aromatic N) is 3. The molecular weight excluding hydrogens is 334 g/mol. The van der Waals surface area contributed by atoms with E-state index in [1.165, 1.54) is 6.42 Å². The predicted octanol–water partition coefficient (Wildman–Crippen LogP) is 2.73. The van der Waals surface area contributed by atoms with Crippen molar-refractivity contribution in [2.75, 3.05) is 33.9 Å². The number of halogens is 1. The molecule has 1 aliphatic heterocycles. The quantitative estimate of drug-likeness (QED) is 0.847. The Hall–Kier alpha value is -1.40. The maximum Gasteiger partial charge on any atom is 0.162 e. The van der Waals surface area contributed by atoms with Gasteiger partial charge in [0, 0.05) is 28.4 Å². The molecule has 0 amide bonds. The Morgan fingerprint density at radius 1 is 1.38 bits per heavy atom. The van der Waals surface area contributed by atoms with Gasteiger partial charge in [0.2, 0.25) is 0 Å². The van der Waals surface area contributed by atoms with E-state index in [1.54, 1.807) is 13.3 Å². The summed E-state index contributed by atoms with van der Waals surface area (Å²) < 4.78 is 12.3. The minimum Gasteiger partial charge on any atom is -0.493 e. The molecule has 0 saturated carbocycles. The molecule has 1 saturated heterocycles. The van der Waals surface area contributed by atoms with Crippen molar-refractivity contribution in [2.45, 2.75) is 6.42 Å². The van der Waals surface area contributed by atoms with Crippen LogP contribution in [0.5, 0.6) is 11.5 Å². The van der Waals surface area contributed by atoms with Crippen LogP contribution < -0.4 is 9.47 Å². The van der Waals surface area contributed by atoms with Gasteiger partial charge in [0.05, 0.1) is 25.4 Å². The zero-order valence-electron chi connectivity index (χ0n) is 12.2. The highest BCUT2D eigenvalue weighted by Crippen LogP contribution is 2.34. The number of ether oxygens (including phenoxy) is 2. The molecule has 0 spiro atoms. The monoisotopic (exact) mass is 351 g/mol. The molecule has 0 bridgehead atoms. The molecule has 6 heteroatoms. The molecular formula is C15H18BrN3O2. The van der Waals surface area contributed by atoms with Crippen LogP contribution in [-0.2, 0) is 0 Å². The summed E-state index contributed by atoms with van der Waals surface area (Å²) in [6.45, 7) is 2.94. The number of hydrogen-bond donors (Lipinski definition) is 0. The Morgan fingerprint density at radius 2 is 2.24 bits per heavy atom. The first-order chi connectivity index (χ1) is 10.2. The van der Waals surface area contributed by atoms with E-state index in [4.69, 9.17) is 9.47 Å². The number of rotatable bonds is 4. The van der Waals surface area contributed by atoms with Crippen LogP contribution in [0.1, 0.15) is 6.42 Å². The van der Waals surface area contributed by atoms with Crippen molar-refractivity contribution in [1.82, 2.24) is 15.1 Å². The number of methoxy groups -OCH3 is 1. The molecule has 1 atom stereocenters. The summed E-state index contributed by atoms with van der Waals surface area (Å²) in [6, 6.07) is 3.83. The third kappa shape index (κ3) is 3.11. The van der Waals surface area contributed by atoms with Crippen molar-refractivity contribution in [2.24, 2.45) is 5.92 Å². The third-order valence-corrected chi connectivity index (χ3v) is 4.47. The van der Waals surface area contributed by atoms with Crippen LogP contribution in [0.2, 0.25) is 0 Å². The van der Waals surface area contributed by atoms with Crippen molar-refractivity contribution in [3.8, 4) is 11.5 Å². The first-order valence-corrected chi connectivity index (χ1v) is 7.77. The van der Waals surface area contributed by atoms with Crippen molar-refractivity contribution in [3.63, 3.8) is 0 Å². The molecule has 0 unspecified atom stereocenters. The van der Waals surface area contributed by atoms with E-state index in [9.17, 15) is 0 Å². The Balaban J connectivity index is 1.84. The van der Waals surface area contributed by atoms with E-state index in [-0.39, 0.29) is 0 Å². The third-order valence-electron chi connectivity index (χ3n) is 3.84. The second-order valence-electron chi connectivity index (χ2n) is 5.44. The first kappa shape index (κ1) is 14.5. The number of likely N-dealkylation sites (tertiary alicyclic amines) is 1. The highest BCUT2D eigenvalue weighted by molar-refractivity contribution is 9.10. The standard InChI is InChI=1S/C15H18BrN3O2/c1-19-4-3-10(8-19)9-21-15-5-11-12(16)7-17-18-13(11)6-14(15)20-2/h5-7,10H,3-4,8-9H2,1-2H3/t10-/m0/s1. The lowest BCUT2D eigenvalue weighted by Crippen LogP contribution is -2.18. The Labute approximate surface area is 132 Å². The smallest absolute Gasteiger partial charge is 0.162 e. The van der Waals surface area contributed by atoms with Crippen LogP contribution >= 0.6 is 15.9 Å². The fourth-order valence-corrected chi connectivity index (χ4v) is 3.09. The SMILES string of the molecule is COc1cc2nncc(Br)c2cc1OC[C@H]1CCN(C)C1. The fourth-order valence-electron chi connectivity index (χ4n) is 2.68. The Morgan fingerprint density at radius 3 is 2.95 bits per heavy atom. The van der Waals surface area contributed by atoms with Gasteiger partial charge in [-0.05, 0) is 42.0 Å². The summed E-state index contributed by atoms with van der Waals surface area (Å²) in [5.74, 6) is 2.03. The maximum absolute atomic E-state index is 6.00. The lowest BCUT2D eigenvalue weighted by atomic mass is 10.1. The van der Waals surface area contributed by atoms with Gasteiger partial charge in [-0.25, -0.2) is 0 Å². The molecule has 0 N–H and O–H groups in total. The van der Waals surface area contributed by atoms with Gasteiger partial charge in [0.15, 0.2) is 11.5 Å². The highest BCUT2D eigenvalue weighted by atomic mass is 79.9. The van der Waals surface area contributed by atoms with E-state index < -0.39 is 0 Å². The molecule has 1 fully saturated rings. The van der Waals surface area contributed by atoms with Crippen molar-refractivity contribution in [1.29, 1.82) is 0 Å². The minimum atomic E-state index is 0.578. The van der Waals surface area contributed by atoms with E-state index in [1.807, 2.05) is 12.1 Å². The van der Waals surface area contributed by atoms with Crippen LogP contribution in [0.4, 0.5) is 0 Å². The highest BCUT2D eigenvalue weighted by Gasteiger charge is 2.20. The van der Waals surface area contributed by atoms with Gasteiger partial charge in [0.25, 0.3) is 0 Å². The van der Waals surface area contributed by atoms with Crippen LogP contribution in [0.25, 0.3) is 10.9 Å². The van der Waals surface area contributed by atoms with Crippen LogP contribution in [0, 0.1) is 5.92 Å². The van der Waals surface area contributed by atoms with Crippen molar-refractivity contribution >= 4 is 26.8 Å². The zero-order chi connectivity index (χ0) is 14.8. The van der Waals surface area contributed by atoms with E-state index in [2.05, 4.69) is 38.1 Å². The average Bonchev–Trinajstić information content (AvgIpc) is 2.90. The second-order valence-corrected chi connectivity index (χ2v) is 6.30. The zero-order valence-corrected chi connectivity index (χ0v) is 13.8. The summed E-state index contributed by atoms with van der Waals surface area (Å²) >= 11 is 3.50. The number of benzene rings is 1. The average molecular weight is 352 g/mol. The molecule has 5 nitrogen and oxygen atoms in total. The molecule has 1 aromatic carbocycles. The van der Waals surface area contributed by atoms with Crippen molar-refractivity contribution in [3.05, 3.63) is 22.8 Å².